The van der Waals surface area contributed by atoms with E-state index in [1.165, 1.54) is 12.4 Å². The number of pyridine rings is 1. The fourth-order valence-corrected chi connectivity index (χ4v) is 1.25. The Morgan fingerprint density at radius 2 is 1.92 bits per heavy atom. The highest BCUT2D eigenvalue weighted by molar-refractivity contribution is 9.09. The molecule has 0 spiro atoms. The Hall–Kier alpha value is -0.230. The second-order valence-electron chi connectivity index (χ2n) is 1.91. The van der Waals surface area contributed by atoms with Gasteiger partial charge in [-0.2, -0.15) is 0 Å². The molecule has 1 heterocycles. The average Bonchev–Trinajstić information content (AvgIpc) is 2.04. The summed E-state index contributed by atoms with van der Waals surface area (Å²) in [5.74, 6) is 5.65. The van der Waals surface area contributed by atoms with E-state index in [1.54, 1.807) is 0 Å². The van der Waals surface area contributed by atoms with E-state index in [0.717, 1.165) is 0 Å². The van der Waals surface area contributed by atoms with Crippen LogP contribution < -0.4 is 0 Å². The highest BCUT2D eigenvalue weighted by Gasteiger charge is 2.01. The lowest BCUT2D eigenvalue weighted by atomic mass is 10.3. The minimum Gasteiger partial charge on any atom is -0.262 e. The quantitative estimate of drug-likeness (QED) is 0.518. The summed E-state index contributed by atoms with van der Waals surface area (Å²) in [5.41, 5.74) is 0.632. The monoisotopic (exact) mass is 263 g/mol. The molecule has 0 unspecified atom stereocenters. The first kappa shape index (κ1) is 9.85. The highest BCUT2D eigenvalue weighted by Crippen LogP contribution is 2.21. The molecule has 1 rings (SSSR count). The van der Waals surface area contributed by atoms with Gasteiger partial charge in [-0.15, -0.1) is 0 Å². The van der Waals surface area contributed by atoms with Gasteiger partial charge in [0.2, 0.25) is 0 Å². The third-order valence-corrected chi connectivity index (χ3v) is 1.99. The van der Waals surface area contributed by atoms with E-state index in [0.29, 0.717) is 20.9 Å². The molecular formula is C8H4BrCl2N. The Morgan fingerprint density at radius 1 is 1.33 bits per heavy atom. The molecule has 0 aromatic carbocycles. The minimum atomic E-state index is 0.482. The summed E-state index contributed by atoms with van der Waals surface area (Å²) >= 11 is 14.8. The molecule has 12 heavy (non-hydrogen) atoms. The van der Waals surface area contributed by atoms with E-state index in [9.17, 15) is 0 Å². The fourth-order valence-electron chi connectivity index (χ4n) is 0.653. The molecule has 0 fully saturated rings. The van der Waals surface area contributed by atoms with Crippen molar-refractivity contribution < 1.29 is 0 Å². The minimum absolute atomic E-state index is 0.482. The molecular weight excluding hydrogens is 261 g/mol. The van der Waals surface area contributed by atoms with Crippen molar-refractivity contribution in [3.8, 4) is 11.8 Å². The smallest absolute Gasteiger partial charge is 0.0760 e. The number of alkyl halides is 1. The van der Waals surface area contributed by atoms with Crippen molar-refractivity contribution in [2.75, 3.05) is 5.33 Å². The van der Waals surface area contributed by atoms with Gasteiger partial charge in [0.05, 0.1) is 20.9 Å². The van der Waals surface area contributed by atoms with Crippen LogP contribution in [0.2, 0.25) is 10.0 Å². The number of nitrogens with zero attached hydrogens (tertiary/aromatic N) is 1. The summed E-state index contributed by atoms with van der Waals surface area (Å²) in [4.78, 5) is 3.81. The van der Waals surface area contributed by atoms with Gasteiger partial charge >= 0.3 is 0 Å². The first-order valence-electron chi connectivity index (χ1n) is 3.09. The zero-order valence-corrected chi connectivity index (χ0v) is 9.04. The largest absolute Gasteiger partial charge is 0.262 e. The van der Waals surface area contributed by atoms with Crippen LogP contribution in [-0.2, 0) is 0 Å². The Labute approximate surface area is 89.2 Å². The molecule has 0 amide bonds. The van der Waals surface area contributed by atoms with Crippen LogP contribution in [0.1, 0.15) is 5.56 Å². The van der Waals surface area contributed by atoms with Crippen LogP contribution in [0.25, 0.3) is 0 Å². The summed E-state index contributed by atoms with van der Waals surface area (Å²) in [6.07, 6.45) is 3.04. The lowest BCUT2D eigenvalue weighted by Crippen LogP contribution is -1.81. The summed E-state index contributed by atoms with van der Waals surface area (Å²) in [6.45, 7) is 0. The third kappa shape index (κ3) is 2.38. The van der Waals surface area contributed by atoms with Gasteiger partial charge in [-0.1, -0.05) is 51.0 Å². The number of aromatic nitrogens is 1. The van der Waals surface area contributed by atoms with Crippen LogP contribution in [0.15, 0.2) is 12.4 Å². The Kier molecular flexibility index (Phi) is 3.87. The van der Waals surface area contributed by atoms with Crippen molar-refractivity contribution in [1.29, 1.82) is 0 Å². The summed E-state index contributed by atoms with van der Waals surface area (Å²) in [6, 6.07) is 0. The van der Waals surface area contributed by atoms with E-state index in [1.807, 2.05) is 0 Å². The lowest BCUT2D eigenvalue weighted by Gasteiger charge is -1.95. The normalized spacial score (nSPS) is 8.92. The number of hydrogen-bond acceptors (Lipinski definition) is 1. The van der Waals surface area contributed by atoms with Gasteiger partial charge in [-0.3, -0.25) is 4.98 Å². The van der Waals surface area contributed by atoms with E-state index >= 15 is 0 Å². The van der Waals surface area contributed by atoms with Crippen molar-refractivity contribution in [3.05, 3.63) is 28.0 Å². The number of halogens is 3. The maximum absolute atomic E-state index is 5.80. The molecule has 0 aliphatic heterocycles. The van der Waals surface area contributed by atoms with Crippen LogP contribution in [0.4, 0.5) is 0 Å². The van der Waals surface area contributed by atoms with Gasteiger partial charge in [0, 0.05) is 12.4 Å². The van der Waals surface area contributed by atoms with E-state index < -0.39 is 0 Å². The molecule has 0 aliphatic rings. The molecule has 0 aliphatic carbocycles. The molecule has 0 atom stereocenters. The second kappa shape index (κ2) is 4.71. The number of hydrogen-bond donors (Lipinski definition) is 0. The second-order valence-corrected chi connectivity index (χ2v) is 3.29. The maximum atomic E-state index is 5.80. The molecule has 1 aromatic rings. The predicted octanol–water partition coefficient (Wildman–Crippen LogP) is 3.13. The average molecular weight is 265 g/mol. The molecule has 0 saturated heterocycles. The maximum Gasteiger partial charge on any atom is 0.0760 e. The van der Waals surface area contributed by atoms with Crippen molar-refractivity contribution in [2.24, 2.45) is 0 Å². The molecule has 62 valence electrons. The van der Waals surface area contributed by atoms with Crippen LogP contribution >= 0.6 is 39.1 Å². The fraction of sp³-hybridized carbons (Fsp3) is 0.125. The first-order chi connectivity index (χ1) is 5.75. The van der Waals surface area contributed by atoms with Gasteiger partial charge in [0.15, 0.2) is 0 Å². The van der Waals surface area contributed by atoms with E-state index in [2.05, 4.69) is 32.8 Å². The zero-order valence-electron chi connectivity index (χ0n) is 5.94. The SMILES string of the molecule is Clc1cncc(Cl)c1C#CCBr. The molecule has 0 saturated carbocycles. The van der Waals surface area contributed by atoms with Gasteiger partial charge in [-0.05, 0) is 0 Å². The Bertz CT molecular complexity index is 320. The van der Waals surface area contributed by atoms with Crippen molar-refractivity contribution in [2.45, 2.75) is 0 Å². The van der Waals surface area contributed by atoms with Crippen molar-refractivity contribution in [1.82, 2.24) is 4.98 Å². The van der Waals surface area contributed by atoms with Crippen LogP contribution in [-0.4, -0.2) is 10.3 Å². The zero-order chi connectivity index (χ0) is 8.97. The lowest BCUT2D eigenvalue weighted by molar-refractivity contribution is 1.32. The van der Waals surface area contributed by atoms with Crippen LogP contribution in [0.3, 0.4) is 0 Å². The first-order valence-corrected chi connectivity index (χ1v) is 4.97. The van der Waals surface area contributed by atoms with Gasteiger partial charge in [-0.25, -0.2) is 0 Å². The molecule has 0 bridgehead atoms. The summed E-state index contributed by atoms with van der Waals surface area (Å²) in [5, 5.41) is 1.56. The van der Waals surface area contributed by atoms with E-state index in [4.69, 9.17) is 23.2 Å². The number of rotatable bonds is 0. The topological polar surface area (TPSA) is 12.9 Å². The summed E-state index contributed by atoms with van der Waals surface area (Å²) in [7, 11) is 0. The van der Waals surface area contributed by atoms with Gasteiger partial charge < -0.3 is 0 Å². The predicted molar refractivity (Wildman–Crippen MR) is 54.9 cm³/mol. The Balaban J connectivity index is 3.13. The molecule has 1 nitrogen and oxygen atoms in total. The van der Waals surface area contributed by atoms with Crippen LogP contribution in [0.5, 0.6) is 0 Å². The highest BCUT2D eigenvalue weighted by atomic mass is 79.9. The third-order valence-electron chi connectivity index (χ3n) is 1.13. The van der Waals surface area contributed by atoms with Gasteiger partial charge in [0.25, 0.3) is 0 Å². The molecule has 0 N–H and O–H groups in total. The molecule has 1 aromatic heterocycles. The van der Waals surface area contributed by atoms with E-state index in [-0.39, 0.29) is 0 Å². The summed E-state index contributed by atoms with van der Waals surface area (Å²) < 4.78 is 0. The standard InChI is InChI=1S/C8H4BrCl2N/c9-3-1-2-6-7(10)4-12-5-8(6)11/h4-5H,3H2. The van der Waals surface area contributed by atoms with Crippen molar-refractivity contribution in [3.63, 3.8) is 0 Å². The van der Waals surface area contributed by atoms with Crippen LogP contribution in [0, 0.1) is 11.8 Å². The molecule has 0 radical (unpaired) electrons. The molecule has 4 heteroatoms. The Morgan fingerprint density at radius 3 is 2.42 bits per heavy atom. The van der Waals surface area contributed by atoms with Gasteiger partial charge in [0.1, 0.15) is 0 Å². The van der Waals surface area contributed by atoms with Crippen molar-refractivity contribution >= 4 is 39.1 Å².